The van der Waals surface area contributed by atoms with E-state index in [1.54, 1.807) is 29.5 Å². The Balaban J connectivity index is 1.50. The number of carbonyl (C=O) groups is 2. The van der Waals surface area contributed by atoms with Gasteiger partial charge in [-0.2, -0.15) is 0 Å². The Kier molecular flexibility index (Phi) is 6.06. The molecule has 3 aromatic rings. The fraction of sp³-hybridized carbons (Fsp3) is 0.190. The SMILES string of the molecule is Cc1csc(-c2ccc(OCC(=O)NC(=O)Nc3cccc(C)c3C)cc2)n1. The molecule has 2 N–H and O–H groups in total. The maximum atomic E-state index is 12.0. The largest absolute Gasteiger partial charge is 0.484 e. The molecule has 7 heteroatoms. The molecule has 0 bridgehead atoms. The lowest BCUT2D eigenvalue weighted by molar-refractivity contribution is -0.121. The smallest absolute Gasteiger partial charge is 0.325 e. The molecule has 0 atom stereocenters. The summed E-state index contributed by atoms with van der Waals surface area (Å²) in [6, 6.07) is 12.3. The van der Waals surface area contributed by atoms with E-state index in [1.807, 2.05) is 50.4 Å². The van der Waals surface area contributed by atoms with Crippen LogP contribution in [0.3, 0.4) is 0 Å². The maximum Gasteiger partial charge on any atom is 0.325 e. The zero-order valence-corrected chi connectivity index (χ0v) is 16.7. The van der Waals surface area contributed by atoms with Gasteiger partial charge in [0.1, 0.15) is 10.8 Å². The van der Waals surface area contributed by atoms with Gasteiger partial charge in [0.25, 0.3) is 5.91 Å². The number of nitrogens with one attached hydrogen (secondary N) is 2. The van der Waals surface area contributed by atoms with Crippen molar-refractivity contribution in [3.05, 3.63) is 64.7 Å². The summed E-state index contributed by atoms with van der Waals surface area (Å²) in [7, 11) is 0. The number of thiazole rings is 1. The lowest BCUT2D eigenvalue weighted by Crippen LogP contribution is -2.37. The number of anilines is 1. The molecule has 0 unspecified atom stereocenters. The van der Waals surface area contributed by atoms with Crippen molar-refractivity contribution in [2.24, 2.45) is 0 Å². The molecule has 1 aromatic heterocycles. The van der Waals surface area contributed by atoms with Gasteiger partial charge in [0.2, 0.25) is 0 Å². The molecule has 0 spiro atoms. The Morgan fingerprint density at radius 2 is 1.82 bits per heavy atom. The molecule has 6 nitrogen and oxygen atoms in total. The van der Waals surface area contributed by atoms with Crippen LogP contribution in [-0.2, 0) is 4.79 Å². The van der Waals surface area contributed by atoms with E-state index in [4.69, 9.17) is 4.74 Å². The average molecular weight is 395 g/mol. The Bertz CT molecular complexity index is 996. The highest BCUT2D eigenvalue weighted by atomic mass is 32.1. The van der Waals surface area contributed by atoms with Gasteiger partial charge in [-0.3, -0.25) is 10.1 Å². The molecule has 0 saturated heterocycles. The van der Waals surface area contributed by atoms with Crippen molar-refractivity contribution in [1.29, 1.82) is 0 Å². The first-order chi connectivity index (χ1) is 13.4. The third-order valence-electron chi connectivity index (χ3n) is 4.20. The van der Waals surface area contributed by atoms with Crippen molar-refractivity contribution >= 4 is 29.0 Å². The first kappa shape index (κ1) is 19.6. The quantitative estimate of drug-likeness (QED) is 0.668. The van der Waals surface area contributed by atoms with Crippen molar-refractivity contribution < 1.29 is 14.3 Å². The van der Waals surface area contributed by atoms with Crippen LogP contribution >= 0.6 is 11.3 Å². The number of hydrogen-bond donors (Lipinski definition) is 2. The van der Waals surface area contributed by atoms with Gasteiger partial charge in [-0.25, -0.2) is 9.78 Å². The Hall–Kier alpha value is -3.19. The summed E-state index contributed by atoms with van der Waals surface area (Å²) in [4.78, 5) is 28.4. The minimum atomic E-state index is -0.586. The number of rotatable bonds is 5. The fourth-order valence-electron chi connectivity index (χ4n) is 2.53. The number of aryl methyl sites for hydroxylation is 2. The van der Waals surface area contributed by atoms with E-state index in [-0.39, 0.29) is 6.61 Å². The molecule has 0 saturated carbocycles. The number of imide groups is 1. The van der Waals surface area contributed by atoms with E-state index in [2.05, 4.69) is 15.6 Å². The monoisotopic (exact) mass is 395 g/mol. The summed E-state index contributed by atoms with van der Waals surface area (Å²) < 4.78 is 5.45. The van der Waals surface area contributed by atoms with Gasteiger partial charge in [0.05, 0.1) is 0 Å². The molecule has 144 valence electrons. The van der Waals surface area contributed by atoms with Crippen LogP contribution in [0.2, 0.25) is 0 Å². The predicted octanol–water partition coefficient (Wildman–Crippen LogP) is 4.46. The van der Waals surface area contributed by atoms with Gasteiger partial charge in [-0.1, -0.05) is 12.1 Å². The van der Waals surface area contributed by atoms with Gasteiger partial charge < -0.3 is 10.1 Å². The summed E-state index contributed by atoms with van der Waals surface area (Å²) in [6.07, 6.45) is 0. The van der Waals surface area contributed by atoms with Gasteiger partial charge in [0.15, 0.2) is 6.61 Å². The van der Waals surface area contributed by atoms with Crippen molar-refractivity contribution in [2.75, 3.05) is 11.9 Å². The summed E-state index contributed by atoms with van der Waals surface area (Å²) in [6.45, 7) is 5.56. The molecule has 0 aliphatic rings. The second-order valence-electron chi connectivity index (χ2n) is 6.36. The van der Waals surface area contributed by atoms with Crippen LogP contribution in [0.25, 0.3) is 10.6 Å². The zero-order chi connectivity index (χ0) is 20.1. The molecule has 0 radical (unpaired) electrons. The summed E-state index contributed by atoms with van der Waals surface area (Å²) in [5, 5.41) is 7.87. The topological polar surface area (TPSA) is 80.3 Å². The fourth-order valence-corrected chi connectivity index (χ4v) is 3.34. The lowest BCUT2D eigenvalue weighted by atomic mass is 10.1. The normalized spacial score (nSPS) is 10.4. The Morgan fingerprint density at radius 3 is 2.50 bits per heavy atom. The van der Waals surface area contributed by atoms with Crippen LogP contribution in [0.5, 0.6) is 5.75 Å². The Morgan fingerprint density at radius 1 is 1.07 bits per heavy atom. The molecule has 3 rings (SSSR count). The van der Waals surface area contributed by atoms with E-state index in [0.717, 1.165) is 27.4 Å². The van der Waals surface area contributed by atoms with Crippen LogP contribution < -0.4 is 15.4 Å². The maximum absolute atomic E-state index is 12.0. The van der Waals surface area contributed by atoms with E-state index < -0.39 is 11.9 Å². The van der Waals surface area contributed by atoms with Crippen LogP contribution in [0, 0.1) is 20.8 Å². The van der Waals surface area contributed by atoms with Gasteiger partial charge in [-0.05, 0) is 62.2 Å². The number of nitrogens with zero attached hydrogens (tertiary/aromatic N) is 1. The average Bonchev–Trinajstić information content (AvgIpc) is 3.10. The van der Waals surface area contributed by atoms with E-state index in [9.17, 15) is 9.59 Å². The second kappa shape index (κ2) is 8.67. The minimum Gasteiger partial charge on any atom is -0.484 e. The number of amides is 3. The number of ether oxygens (including phenoxy) is 1. The van der Waals surface area contributed by atoms with Gasteiger partial charge in [-0.15, -0.1) is 11.3 Å². The highest BCUT2D eigenvalue weighted by molar-refractivity contribution is 7.13. The van der Waals surface area contributed by atoms with Crippen molar-refractivity contribution in [1.82, 2.24) is 10.3 Å². The molecule has 0 aliphatic heterocycles. The highest BCUT2D eigenvalue weighted by Crippen LogP contribution is 2.25. The molecule has 3 amide bonds. The standard InChI is InChI=1S/C21H21N3O3S/c1-13-5-4-6-18(15(13)3)23-21(26)24-19(25)11-27-17-9-7-16(8-10-17)20-22-14(2)12-28-20/h4-10,12H,11H2,1-3H3,(H2,23,24,25,26). The van der Waals surface area contributed by atoms with Crippen molar-refractivity contribution in [2.45, 2.75) is 20.8 Å². The van der Waals surface area contributed by atoms with Crippen molar-refractivity contribution in [3.8, 4) is 16.3 Å². The summed E-state index contributed by atoms with van der Waals surface area (Å²) in [5.41, 5.74) is 4.65. The van der Waals surface area contributed by atoms with Crippen LogP contribution in [0.1, 0.15) is 16.8 Å². The van der Waals surface area contributed by atoms with Crippen LogP contribution in [-0.4, -0.2) is 23.5 Å². The molecular weight excluding hydrogens is 374 g/mol. The van der Waals surface area contributed by atoms with Crippen molar-refractivity contribution in [3.63, 3.8) is 0 Å². The lowest BCUT2D eigenvalue weighted by Gasteiger charge is -2.11. The Labute approximate surface area is 167 Å². The third kappa shape index (κ3) is 4.95. The van der Waals surface area contributed by atoms with E-state index in [1.165, 1.54) is 0 Å². The first-order valence-corrected chi connectivity index (χ1v) is 9.63. The minimum absolute atomic E-state index is 0.254. The number of urea groups is 1. The summed E-state index contributed by atoms with van der Waals surface area (Å²) in [5.74, 6) is 0.0181. The molecule has 28 heavy (non-hydrogen) atoms. The zero-order valence-electron chi connectivity index (χ0n) is 15.9. The third-order valence-corrected chi connectivity index (χ3v) is 5.21. The van der Waals surface area contributed by atoms with Crippen LogP contribution in [0.15, 0.2) is 47.8 Å². The highest BCUT2D eigenvalue weighted by Gasteiger charge is 2.11. The number of carbonyl (C=O) groups excluding carboxylic acids is 2. The number of benzene rings is 2. The summed E-state index contributed by atoms with van der Waals surface area (Å²) >= 11 is 1.58. The van der Waals surface area contributed by atoms with E-state index in [0.29, 0.717) is 11.4 Å². The number of hydrogen-bond acceptors (Lipinski definition) is 5. The molecule has 1 heterocycles. The molecule has 0 aliphatic carbocycles. The van der Waals surface area contributed by atoms with Gasteiger partial charge >= 0.3 is 6.03 Å². The van der Waals surface area contributed by atoms with E-state index >= 15 is 0 Å². The van der Waals surface area contributed by atoms with Gasteiger partial charge in [0, 0.05) is 22.3 Å². The molecule has 0 fully saturated rings. The predicted molar refractivity (Wildman–Crippen MR) is 111 cm³/mol. The second-order valence-corrected chi connectivity index (χ2v) is 7.21. The molecular formula is C21H21N3O3S. The molecule has 2 aromatic carbocycles. The first-order valence-electron chi connectivity index (χ1n) is 8.75. The van der Waals surface area contributed by atoms with Crippen LogP contribution in [0.4, 0.5) is 10.5 Å². The number of aromatic nitrogens is 1.